The molecule has 1 amide bonds. The Bertz CT molecular complexity index is 1930. The molecular formula is C30H24N6O6. The third-order valence-corrected chi connectivity index (χ3v) is 6.15. The lowest BCUT2D eigenvalue weighted by Crippen LogP contribution is -2.35. The summed E-state index contributed by atoms with van der Waals surface area (Å²) in [5.41, 5.74) is 13.0. The Morgan fingerprint density at radius 2 is 1.81 bits per heavy atom. The number of benzene rings is 3. The van der Waals surface area contributed by atoms with E-state index in [0.29, 0.717) is 16.8 Å². The van der Waals surface area contributed by atoms with E-state index in [-0.39, 0.29) is 39.8 Å². The van der Waals surface area contributed by atoms with E-state index in [1.54, 1.807) is 54.6 Å². The average molecular weight is 565 g/mol. The number of carbonyl (C=O) groups excluding carboxylic acids is 3. The smallest absolute Gasteiger partial charge is 0.337 e. The number of Topliss-reactive ketones (excluding diaryl/α,β-unsaturated/α-hetero) is 1. The molecule has 0 spiro atoms. The number of ether oxygens (including phenoxy) is 1. The molecule has 5 rings (SSSR count). The number of nitrogens with one attached hydrogen (secondary N) is 1. The van der Waals surface area contributed by atoms with Gasteiger partial charge in [-0.1, -0.05) is 42.5 Å². The molecule has 210 valence electrons. The number of nitrogens with two attached hydrogens (primary N) is 2. The number of nitrogen functional groups attached to an aromatic ring is 2. The molecule has 3 aromatic carbocycles. The van der Waals surface area contributed by atoms with E-state index in [0.717, 1.165) is 4.57 Å². The number of aromatic nitrogens is 3. The van der Waals surface area contributed by atoms with Crippen molar-refractivity contribution >= 4 is 46.2 Å². The van der Waals surface area contributed by atoms with Crippen LogP contribution in [0.4, 0.5) is 11.4 Å². The molecule has 0 aliphatic heterocycles. The maximum Gasteiger partial charge on any atom is 0.337 e. The quantitative estimate of drug-likeness (QED) is 0.109. The molecular weight excluding hydrogens is 540 g/mol. The number of carbonyl (C=O) groups is 3. The molecule has 0 atom stereocenters. The molecule has 0 bridgehead atoms. The number of methoxy groups -OCH3 is 1. The summed E-state index contributed by atoms with van der Waals surface area (Å²) in [4.78, 5) is 60.2. The van der Waals surface area contributed by atoms with Crippen LogP contribution in [0.25, 0.3) is 28.6 Å². The lowest BCUT2D eigenvalue weighted by molar-refractivity contribution is -0.120. The number of rotatable bonds is 8. The molecule has 5 N–H and O–H groups in total. The fourth-order valence-corrected chi connectivity index (χ4v) is 4.15. The molecule has 0 aliphatic carbocycles. The molecule has 0 aliphatic rings. The van der Waals surface area contributed by atoms with E-state index in [9.17, 15) is 19.2 Å². The molecule has 0 saturated carbocycles. The van der Waals surface area contributed by atoms with Crippen LogP contribution in [0.3, 0.4) is 0 Å². The van der Waals surface area contributed by atoms with Crippen LogP contribution < -0.4 is 22.3 Å². The first kappa shape index (κ1) is 27.5. The van der Waals surface area contributed by atoms with Crippen LogP contribution in [-0.2, 0) is 16.1 Å². The highest BCUT2D eigenvalue weighted by atomic mass is 16.5. The number of anilines is 2. The largest absolute Gasteiger partial charge is 0.465 e. The van der Waals surface area contributed by atoms with E-state index in [2.05, 4.69) is 15.3 Å². The van der Waals surface area contributed by atoms with E-state index in [4.69, 9.17) is 20.6 Å². The van der Waals surface area contributed by atoms with Gasteiger partial charge in [-0.3, -0.25) is 19.0 Å². The number of oxazole rings is 1. The predicted octanol–water partition coefficient (Wildman–Crippen LogP) is 3.04. The molecule has 5 aromatic rings. The van der Waals surface area contributed by atoms with Gasteiger partial charge in [-0.15, -0.1) is 0 Å². The highest BCUT2D eigenvalue weighted by Gasteiger charge is 2.23. The van der Waals surface area contributed by atoms with Crippen LogP contribution in [-0.4, -0.2) is 39.3 Å². The minimum atomic E-state index is -0.739. The summed E-state index contributed by atoms with van der Waals surface area (Å²) in [7, 11) is 1.25. The number of ketones is 1. The maximum atomic E-state index is 13.6. The molecule has 0 radical (unpaired) electrons. The van der Waals surface area contributed by atoms with Crippen LogP contribution >= 0.6 is 0 Å². The Hall–Kier alpha value is -6.04. The lowest BCUT2D eigenvalue weighted by atomic mass is 10.1. The van der Waals surface area contributed by atoms with Gasteiger partial charge in [-0.25, -0.2) is 14.8 Å². The first-order valence-corrected chi connectivity index (χ1v) is 12.5. The summed E-state index contributed by atoms with van der Waals surface area (Å²) in [6.45, 7) is -0.517. The Kier molecular flexibility index (Phi) is 7.60. The van der Waals surface area contributed by atoms with E-state index in [1.807, 2.05) is 0 Å². The molecule has 2 aromatic heterocycles. The van der Waals surface area contributed by atoms with E-state index < -0.39 is 29.8 Å². The number of hydrogen-bond donors (Lipinski definition) is 3. The van der Waals surface area contributed by atoms with Crippen molar-refractivity contribution < 1.29 is 23.5 Å². The van der Waals surface area contributed by atoms with Crippen molar-refractivity contribution in [2.75, 3.05) is 18.6 Å². The normalized spacial score (nSPS) is 11.3. The second-order valence-electron chi connectivity index (χ2n) is 9.09. The van der Waals surface area contributed by atoms with Crippen molar-refractivity contribution in [1.29, 1.82) is 0 Å². The summed E-state index contributed by atoms with van der Waals surface area (Å²) >= 11 is 0. The summed E-state index contributed by atoms with van der Waals surface area (Å²) in [5, 5.41) is 2.58. The highest BCUT2D eigenvalue weighted by Crippen LogP contribution is 2.21. The number of amides is 1. The van der Waals surface area contributed by atoms with Crippen molar-refractivity contribution in [1.82, 2.24) is 19.9 Å². The van der Waals surface area contributed by atoms with Crippen LogP contribution in [0.5, 0.6) is 0 Å². The topological polar surface area (TPSA) is 185 Å². The van der Waals surface area contributed by atoms with Crippen molar-refractivity contribution in [3.63, 3.8) is 0 Å². The van der Waals surface area contributed by atoms with Gasteiger partial charge in [0.2, 0.25) is 5.91 Å². The highest BCUT2D eigenvalue weighted by molar-refractivity contribution is 6.11. The van der Waals surface area contributed by atoms with Crippen LogP contribution in [0.1, 0.15) is 26.6 Å². The second kappa shape index (κ2) is 11.6. The Morgan fingerprint density at radius 1 is 1.02 bits per heavy atom. The summed E-state index contributed by atoms with van der Waals surface area (Å²) in [6.07, 6.45) is 2.66. The fraction of sp³-hybridized carbons (Fsp3) is 0.0667. The van der Waals surface area contributed by atoms with E-state index in [1.165, 1.54) is 37.6 Å². The monoisotopic (exact) mass is 564 g/mol. The third kappa shape index (κ3) is 5.77. The number of fused-ring (bicyclic) bond motifs is 1. The van der Waals surface area contributed by atoms with Gasteiger partial charge in [-0.2, -0.15) is 0 Å². The van der Waals surface area contributed by atoms with Gasteiger partial charge >= 0.3 is 5.97 Å². The molecule has 12 nitrogen and oxygen atoms in total. The van der Waals surface area contributed by atoms with Crippen LogP contribution in [0.15, 0.2) is 93.9 Å². The van der Waals surface area contributed by atoms with Gasteiger partial charge in [-0.05, 0) is 42.0 Å². The van der Waals surface area contributed by atoms with Crippen LogP contribution in [0, 0.1) is 0 Å². The third-order valence-electron chi connectivity index (χ3n) is 6.15. The van der Waals surface area contributed by atoms with Crippen LogP contribution in [0.2, 0.25) is 0 Å². The summed E-state index contributed by atoms with van der Waals surface area (Å²) in [5.74, 6) is -2.19. The van der Waals surface area contributed by atoms with Gasteiger partial charge < -0.3 is 25.9 Å². The zero-order valence-electron chi connectivity index (χ0n) is 22.2. The first-order chi connectivity index (χ1) is 20.2. The molecule has 2 heterocycles. The molecule has 0 saturated heterocycles. The second-order valence-corrected chi connectivity index (χ2v) is 9.09. The summed E-state index contributed by atoms with van der Waals surface area (Å²) in [6, 6.07) is 19.8. The van der Waals surface area contributed by atoms with Gasteiger partial charge in [0.05, 0.1) is 24.6 Å². The zero-order chi connectivity index (χ0) is 29.8. The number of esters is 1. The minimum Gasteiger partial charge on any atom is -0.465 e. The fourth-order valence-electron chi connectivity index (χ4n) is 4.15. The number of hydrogen-bond acceptors (Lipinski definition) is 10. The Labute approximate surface area is 238 Å². The first-order valence-electron chi connectivity index (χ1n) is 12.5. The molecule has 0 unspecified atom stereocenters. The summed E-state index contributed by atoms with van der Waals surface area (Å²) < 4.78 is 11.5. The van der Waals surface area contributed by atoms with Crippen molar-refractivity contribution in [3.05, 3.63) is 112 Å². The van der Waals surface area contributed by atoms with Crippen molar-refractivity contribution in [2.45, 2.75) is 6.54 Å². The molecule has 0 fully saturated rings. The SMILES string of the molecule is COC(=O)c1ccc2oc(C(=O)C(=Cc3ccccc3)NC(=O)Cn3c(-c4cccc(N)c4)ncc(N)c3=O)nc2c1. The van der Waals surface area contributed by atoms with E-state index >= 15 is 0 Å². The van der Waals surface area contributed by atoms with Gasteiger partial charge in [0.25, 0.3) is 17.2 Å². The van der Waals surface area contributed by atoms with Gasteiger partial charge in [0, 0.05) is 11.3 Å². The number of nitrogens with zero attached hydrogens (tertiary/aromatic N) is 3. The zero-order valence-corrected chi connectivity index (χ0v) is 22.2. The Balaban J connectivity index is 1.49. The average Bonchev–Trinajstić information content (AvgIpc) is 3.42. The predicted molar refractivity (Wildman–Crippen MR) is 155 cm³/mol. The standard InChI is InChI=1S/C30H24N6O6/c1-41-30(40)19-10-11-24-22(14-19)35-28(42-24)26(38)23(12-17-6-3-2-4-7-17)34-25(37)16-36-27(33-15-21(32)29(36)39)18-8-5-9-20(31)13-18/h2-15H,16,31-32H2,1H3,(H,34,37). The minimum absolute atomic E-state index is 0.163. The van der Waals surface area contributed by atoms with Gasteiger partial charge in [0.1, 0.15) is 23.6 Å². The maximum absolute atomic E-state index is 13.6. The molecule has 42 heavy (non-hydrogen) atoms. The van der Waals surface area contributed by atoms with Crippen molar-refractivity contribution in [2.24, 2.45) is 0 Å². The number of allylic oxidation sites excluding steroid dienone is 1. The van der Waals surface area contributed by atoms with Crippen molar-refractivity contribution in [3.8, 4) is 11.4 Å². The Morgan fingerprint density at radius 3 is 2.55 bits per heavy atom. The van der Waals surface area contributed by atoms with Gasteiger partial charge in [0.15, 0.2) is 5.58 Å². The lowest BCUT2D eigenvalue weighted by Gasteiger charge is -2.14. The molecule has 12 heteroatoms.